The zero-order chi connectivity index (χ0) is 22.0. The molecule has 1 aromatic heterocycles. The Morgan fingerprint density at radius 3 is 2.65 bits per heavy atom. The molecule has 0 bridgehead atoms. The minimum absolute atomic E-state index is 0.00143. The molecule has 0 aliphatic carbocycles. The van der Waals surface area contributed by atoms with E-state index in [1.165, 1.54) is 4.90 Å². The summed E-state index contributed by atoms with van der Waals surface area (Å²) in [5, 5.41) is 0. The SMILES string of the molecule is Cc1ccccc1[C@@]1(CC(=O)N(C)[C@@H]2CCOC2)CC(=O)N(Cc2ccncc2)C1=O. The van der Waals surface area contributed by atoms with E-state index in [2.05, 4.69) is 4.98 Å². The topological polar surface area (TPSA) is 79.8 Å². The molecule has 31 heavy (non-hydrogen) atoms. The summed E-state index contributed by atoms with van der Waals surface area (Å²) in [6, 6.07) is 11.1. The highest BCUT2D eigenvalue weighted by atomic mass is 16.5. The lowest BCUT2D eigenvalue weighted by molar-refractivity contribution is -0.143. The van der Waals surface area contributed by atoms with Crippen molar-refractivity contribution < 1.29 is 19.1 Å². The second-order valence-electron chi connectivity index (χ2n) is 8.41. The van der Waals surface area contributed by atoms with E-state index in [4.69, 9.17) is 4.74 Å². The molecule has 7 nitrogen and oxygen atoms in total. The van der Waals surface area contributed by atoms with Crippen LogP contribution < -0.4 is 0 Å². The molecule has 4 rings (SSSR count). The van der Waals surface area contributed by atoms with Gasteiger partial charge in [0.05, 0.1) is 24.6 Å². The van der Waals surface area contributed by atoms with Crippen LogP contribution >= 0.6 is 0 Å². The van der Waals surface area contributed by atoms with Gasteiger partial charge in [0.1, 0.15) is 0 Å². The first-order valence-electron chi connectivity index (χ1n) is 10.6. The Bertz CT molecular complexity index is 987. The van der Waals surface area contributed by atoms with Crippen LogP contribution in [0.3, 0.4) is 0 Å². The molecule has 0 N–H and O–H groups in total. The Morgan fingerprint density at radius 1 is 1.23 bits per heavy atom. The number of rotatable bonds is 6. The number of hydrogen-bond donors (Lipinski definition) is 0. The lowest BCUT2D eigenvalue weighted by atomic mass is 9.74. The summed E-state index contributed by atoms with van der Waals surface area (Å²) in [6.45, 7) is 3.22. The second kappa shape index (κ2) is 8.59. The van der Waals surface area contributed by atoms with Gasteiger partial charge in [-0.25, -0.2) is 0 Å². The molecule has 7 heteroatoms. The maximum absolute atomic E-state index is 13.8. The third-order valence-corrected chi connectivity index (χ3v) is 6.46. The van der Waals surface area contributed by atoms with E-state index < -0.39 is 5.41 Å². The van der Waals surface area contributed by atoms with Gasteiger partial charge in [0.15, 0.2) is 0 Å². The normalized spacial score (nSPS) is 23.4. The van der Waals surface area contributed by atoms with Gasteiger partial charge < -0.3 is 9.64 Å². The molecule has 0 spiro atoms. The van der Waals surface area contributed by atoms with Gasteiger partial charge in [0.2, 0.25) is 17.7 Å². The zero-order valence-corrected chi connectivity index (χ0v) is 17.9. The lowest BCUT2D eigenvalue weighted by Crippen LogP contribution is -2.45. The Balaban J connectivity index is 1.68. The molecule has 0 radical (unpaired) electrons. The summed E-state index contributed by atoms with van der Waals surface area (Å²) in [7, 11) is 1.75. The smallest absolute Gasteiger partial charge is 0.241 e. The van der Waals surface area contributed by atoms with Crippen molar-refractivity contribution in [3.63, 3.8) is 0 Å². The van der Waals surface area contributed by atoms with Gasteiger partial charge in [-0.3, -0.25) is 24.3 Å². The van der Waals surface area contributed by atoms with E-state index in [-0.39, 0.29) is 43.1 Å². The maximum Gasteiger partial charge on any atom is 0.241 e. The number of carbonyl (C=O) groups excluding carboxylic acids is 3. The van der Waals surface area contributed by atoms with Crippen molar-refractivity contribution >= 4 is 17.7 Å². The number of aromatic nitrogens is 1. The van der Waals surface area contributed by atoms with Crippen LogP contribution in [-0.2, 0) is 31.1 Å². The Hall–Kier alpha value is -3.06. The Morgan fingerprint density at radius 2 is 1.97 bits per heavy atom. The molecule has 2 saturated heterocycles. The largest absolute Gasteiger partial charge is 0.379 e. The number of benzene rings is 1. The number of pyridine rings is 1. The quantitative estimate of drug-likeness (QED) is 0.669. The molecule has 3 amide bonds. The summed E-state index contributed by atoms with van der Waals surface area (Å²) in [5.74, 6) is -0.719. The number of aryl methyl sites for hydroxylation is 1. The van der Waals surface area contributed by atoms with Crippen molar-refractivity contribution in [1.29, 1.82) is 0 Å². The molecule has 1 aromatic carbocycles. The van der Waals surface area contributed by atoms with Gasteiger partial charge in [-0.1, -0.05) is 24.3 Å². The number of nitrogens with zero attached hydrogens (tertiary/aromatic N) is 3. The highest BCUT2D eigenvalue weighted by Crippen LogP contribution is 2.42. The number of likely N-dealkylation sites (N-methyl/N-ethyl adjacent to an activating group) is 1. The van der Waals surface area contributed by atoms with E-state index in [1.54, 1.807) is 36.5 Å². The molecule has 0 saturated carbocycles. The predicted octanol–water partition coefficient (Wildman–Crippen LogP) is 2.22. The monoisotopic (exact) mass is 421 g/mol. The van der Waals surface area contributed by atoms with Gasteiger partial charge in [0, 0.05) is 38.9 Å². The molecular weight excluding hydrogens is 394 g/mol. The van der Waals surface area contributed by atoms with Crippen molar-refractivity contribution in [2.75, 3.05) is 20.3 Å². The Labute approximate surface area is 182 Å². The summed E-state index contributed by atoms with van der Waals surface area (Å²) in [4.78, 5) is 47.0. The predicted molar refractivity (Wildman–Crippen MR) is 114 cm³/mol. The third-order valence-electron chi connectivity index (χ3n) is 6.46. The second-order valence-corrected chi connectivity index (χ2v) is 8.41. The van der Waals surface area contributed by atoms with Crippen molar-refractivity contribution in [1.82, 2.24) is 14.8 Å². The summed E-state index contributed by atoms with van der Waals surface area (Å²) in [5.41, 5.74) is 1.27. The fraction of sp³-hybridized carbons (Fsp3) is 0.417. The van der Waals surface area contributed by atoms with E-state index in [0.29, 0.717) is 13.2 Å². The molecule has 2 aliphatic heterocycles. The number of likely N-dealkylation sites (tertiary alicyclic amines) is 1. The van der Waals surface area contributed by atoms with E-state index in [0.717, 1.165) is 23.1 Å². The molecule has 0 unspecified atom stereocenters. The number of ether oxygens (including phenoxy) is 1. The number of hydrogen-bond acceptors (Lipinski definition) is 5. The van der Waals surface area contributed by atoms with E-state index >= 15 is 0 Å². The minimum Gasteiger partial charge on any atom is -0.379 e. The highest BCUT2D eigenvalue weighted by Gasteiger charge is 2.54. The van der Waals surface area contributed by atoms with Crippen LogP contribution in [0.5, 0.6) is 0 Å². The van der Waals surface area contributed by atoms with Crippen molar-refractivity contribution in [2.24, 2.45) is 0 Å². The third kappa shape index (κ3) is 3.97. The van der Waals surface area contributed by atoms with Gasteiger partial charge >= 0.3 is 0 Å². The summed E-state index contributed by atoms with van der Waals surface area (Å²) in [6.07, 6.45) is 4.00. The fourth-order valence-electron chi connectivity index (χ4n) is 4.60. The first kappa shape index (κ1) is 21.2. The molecule has 2 atom stereocenters. The fourth-order valence-corrected chi connectivity index (χ4v) is 4.60. The van der Waals surface area contributed by atoms with Gasteiger partial charge in [-0.15, -0.1) is 0 Å². The molecule has 3 heterocycles. The van der Waals surface area contributed by atoms with Crippen LogP contribution in [0.2, 0.25) is 0 Å². The molecule has 2 aliphatic rings. The van der Waals surface area contributed by atoms with Crippen LogP contribution in [0, 0.1) is 6.92 Å². The van der Waals surface area contributed by atoms with Gasteiger partial charge in [-0.05, 0) is 42.2 Å². The highest BCUT2D eigenvalue weighted by molar-refractivity contribution is 6.10. The first-order valence-corrected chi connectivity index (χ1v) is 10.6. The van der Waals surface area contributed by atoms with E-state index in [9.17, 15) is 14.4 Å². The number of imide groups is 1. The van der Waals surface area contributed by atoms with Crippen LogP contribution in [0.15, 0.2) is 48.8 Å². The maximum atomic E-state index is 13.8. The van der Waals surface area contributed by atoms with Crippen molar-refractivity contribution in [3.8, 4) is 0 Å². The molecular formula is C24H27N3O4. The van der Waals surface area contributed by atoms with Gasteiger partial charge in [0.25, 0.3) is 0 Å². The van der Waals surface area contributed by atoms with Crippen LogP contribution in [0.4, 0.5) is 0 Å². The van der Waals surface area contributed by atoms with Crippen LogP contribution in [-0.4, -0.2) is 58.8 Å². The van der Waals surface area contributed by atoms with Crippen molar-refractivity contribution in [3.05, 3.63) is 65.5 Å². The number of carbonyl (C=O) groups is 3. The first-order chi connectivity index (χ1) is 14.9. The van der Waals surface area contributed by atoms with Gasteiger partial charge in [-0.2, -0.15) is 0 Å². The average Bonchev–Trinajstić information content (AvgIpc) is 3.38. The summed E-state index contributed by atoms with van der Waals surface area (Å²) < 4.78 is 5.42. The molecule has 162 valence electrons. The van der Waals surface area contributed by atoms with Crippen molar-refractivity contribution in [2.45, 2.75) is 44.2 Å². The lowest BCUT2D eigenvalue weighted by Gasteiger charge is -2.32. The molecule has 2 fully saturated rings. The van der Waals surface area contributed by atoms with Crippen LogP contribution in [0.25, 0.3) is 0 Å². The average molecular weight is 421 g/mol. The molecule has 2 aromatic rings. The zero-order valence-electron chi connectivity index (χ0n) is 17.9. The number of amides is 3. The van der Waals surface area contributed by atoms with E-state index in [1.807, 2.05) is 31.2 Å². The standard InChI is InChI=1S/C24H27N3O4/c1-17-5-3-4-6-20(17)24(13-21(28)26(2)19-9-12-31-16-19)14-22(29)27(23(24)30)15-18-7-10-25-11-8-18/h3-8,10-11,19H,9,12-16H2,1-2H3/t19-,24-/m1/s1. The Kier molecular flexibility index (Phi) is 5.87. The summed E-state index contributed by atoms with van der Waals surface area (Å²) >= 11 is 0. The van der Waals surface area contributed by atoms with Crippen LogP contribution in [0.1, 0.15) is 36.0 Å². The minimum atomic E-state index is -1.19.